The molecule has 1 aromatic rings. The van der Waals surface area contributed by atoms with Crippen molar-refractivity contribution in [2.75, 3.05) is 0 Å². The number of amides is 1. The van der Waals surface area contributed by atoms with Crippen LogP contribution in [-0.4, -0.2) is 23.6 Å². The van der Waals surface area contributed by atoms with E-state index in [1.54, 1.807) is 0 Å². The number of ether oxygens (including phenoxy) is 2. The van der Waals surface area contributed by atoms with Crippen molar-refractivity contribution in [3.63, 3.8) is 0 Å². The number of benzene rings is 1. The van der Waals surface area contributed by atoms with Gasteiger partial charge in [-0.2, -0.15) is 0 Å². The monoisotopic (exact) mass is 555 g/mol. The average Bonchev–Trinajstić information content (AvgIpc) is 2.94. The minimum Gasteiger partial charge on any atom is -0.456 e. The summed E-state index contributed by atoms with van der Waals surface area (Å²) in [6, 6.07) is 5.92. The molecule has 4 heterocycles. The predicted molar refractivity (Wildman–Crippen MR) is 120 cm³/mol. The fourth-order valence-electron chi connectivity index (χ4n) is 5.82. The molecule has 3 saturated heterocycles. The molecule has 5 aliphatic rings. The lowest BCUT2D eigenvalue weighted by atomic mass is 9.59. The Morgan fingerprint density at radius 1 is 1.16 bits per heavy atom. The van der Waals surface area contributed by atoms with E-state index in [-0.39, 0.29) is 17.7 Å². The van der Waals surface area contributed by atoms with Gasteiger partial charge in [-0.15, -0.1) is 0 Å². The quantitative estimate of drug-likeness (QED) is 0.508. The molecule has 6 nitrogen and oxygen atoms in total. The number of fused-ring (bicyclic) bond motifs is 2. The molecule has 0 aromatic heterocycles. The van der Waals surface area contributed by atoms with E-state index in [2.05, 4.69) is 44.1 Å². The van der Waals surface area contributed by atoms with Crippen molar-refractivity contribution < 1.29 is 24.0 Å². The highest BCUT2D eigenvalue weighted by Gasteiger charge is 2.68. The lowest BCUT2D eigenvalue weighted by Crippen LogP contribution is -2.67. The Kier molecular flexibility index (Phi) is 5.53. The smallest absolute Gasteiger partial charge is 0.286 e. The maximum Gasteiger partial charge on any atom is 0.286 e. The zero-order valence-corrected chi connectivity index (χ0v) is 21.0. The molecule has 6 atom stereocenters. The molecule has 8 heteroatoms. The zero-order chi connectivity index (χ0) is 22.0. The maximum atomic E-state index is 13.2. The number of halogens is 2. The highest BCUT2D eigenvalue weighted by atomic mass is 79.9. The molecule has 6 rings (SSSR count). The van der Waals surface area contributed by atoms with E-state index < -0.39 is 17.7 Å². The zero-order valence-electron chi connectivity index (χ0n) is 17.9. The summed E-state index contributed by atoms with van der Waals surface area (Å²) < 4.78 is 14.5. The lowest BCUT2D eigenvalue weighted by molar-refractivity contribution is -0.555. The Morgan fingerprint density at radius 2 is 1.90 bits per heavy atom. The van der Waals surface area contributed by atoms with Gasteiger partial charge in [-0.25, -0.2) is 9.78 Å². The van der Waals surface area contributed by atoms with Gasteiger partial charge >= 0.3 is 0 Å². The summed E-state index contributed by atoms with van der Waals surface area (Å²) in [6.07, 6.45) is 3.05. The van der Waals surface area contributed by atoms with Gasteiger partial charge in [0.05, 0.1) is 0 Å². The summed E-state index contributed by atoms with van der Waals surface area (Å²) in [7, 11) is 0. The Balaban J connectivity index is 1.44. The van der Waals surface area contributed by atoms with Crippen molar-refractivity contribution in [1.29, 1.82) is 0 Å². The van der Waals surface area contributed by atoms with E-state index >= 15 is 0 Å². The molecular weight excluding hydrogens is 530 g/mol. The van der Waals surface area contributed by atoms with E-state index in [4.69, 9.17) is 19.2 Å². The third-order valence-corrected chi connectivity index (χ3v) is 8.32. The van der Waals surface area contributed by atoms with E-state index in [0.29, 0.717) is 18.2 Å². The van der Waals surface area contributed by atoms with Crippen LogP contribution < -0.4 is 5.32 Å². The highest BCUT2D eigenvalue weighted by Crippen LogP contribution is 2.60. The van der Waals surface area contributed by atoms with E-state index in [1.807, 2.05) is 32.0 Å². The van der Waals surface area contributed by atoms with Crippen LogP contribution in [0.5, 0.6) is 0 Å². The molecule has 4 aliphatic heterocycles. The Hall–Kier alpha value is -0.930. The normalized spacial score (nSPS) is 38.9. The van der Waals surface area contributed by atoms with E-state index in [0.717, 1.165) is 45.8 Å². The molecule has 2 unspecified atom stereocenters. The minimum absolute atomic E-state index is 0.0239. The van der Waals surface area contributed by atoms with Gasteiger partial charge in [0.1, 0.15) is 0 Å². The molecule has 168 valence electrons. The predicted octanol–water partition coefficient (Wildman–Crippen LogP) is 5.35. The Bertz CT molecular complexity index is 932. The number of rotatable bonds is 3. The molecule has 31 heavy (non-hydrogen) atoms. The minimum atomic E-state index is -0.854. The number of hydrogen-bond acceptors (Lipinski definition) is 5. The van der Waals surface area contributed by atoms with Crippen molar-refractivity contribution >= 4 is 37.8 Å². The topological polar surface area (TPSA) is 66.0 Å². The fourth-order valence-corrected chi connectivity index (χ4v) is 7.21. The molecule has 2 bridgehead atoms. The number of carbonyl (C=O) groups is 1. The van der Waals surface area contributed by atoms with E-state index in [1.165, 1.54) is 0 Å². The third kappa shape index (κ3) is 3.59. The molecular formula is C23H27Br2NO5. The molecule has 4 fully saturated rings. The molecule has 1 amide bonds. The molecule has 1 spiro atoms. The van der Waals surface area contributed by atoms with Gasteiger partial charge in [0.2, 0.25) is 12.1 Å². The van der Waals surface area contributed by atoms with Gasteiger partial charge in [0.25, 0.3) is 5.91 Å². The van der Waals surface area contributed by atoms with Gasteiger partial charge in [-0.05, 0) is 68.4 Å². The van der Waals surface area contributed by atoms with Crippen LogP contribution in [0.2, 0.25) is 0 Å². The molecule has 1 saturated carbocycles. The number of nitrogens with one attached hydrogen (secondary N) is 1. The van der Waals surface area contributed by atoms with Crippen LogP contribution in [0, 0.1) is 17.8 Å². The lowest BCUT2D eigenvalue weighted by Gasteiger charge is -2.57. The fraction of sp³-hybridized carbons (Fsp3) is 0.609. The Labute approximate surface area is 199 Å². The van der Waals surface area contributed by atoms with Crippen molar-refractivity contribution in [3.05, 3.63) is 44.0 Å². The third-order valence-electron chi connectivity index (χ3n) is 7.41. The molecule has 1 aliphatic carbocycles. The number of carbonyl (C=O) groups excluding carboxylic acids is 1. The van der Waals surface area contributed by atoms with Crippen LogP contribution in [0.3, 0.4) is 0 Å². The van der Waals surface area contributed by atoms with Crippen LogP contribution in [0.4, 0.5) is 0 Å². The van der Waals surface area contributed by atoms with Crippen molar-refractivity contribution in [2.45, 2.75) is 70.7 Å². The second-order valence-electron chi connectivity index (χ2n) is 9.45. The van der Waals surface area contributed by atoms with Crippen LogP contribution >= 0.6 is 31.9 Å². The Morgan fingerprint density at radius 3 is 2.65 bits per heavy atom. The summed E-state index contributed by atoms with van der Waals surface area (Å²) >= 11 is 6.98. The first-order valence-corrected chi connectivity index (χ1v) is 12.5. The van der Waals surface area contributed by atoms with Crippen LogP contribution in [0.1, 0.15) is 52.0 Å². The van der Waals surface area contributed by atoms with Crippen molar-refractivity contribution in [1.82, 2.24) is 5.32 Å². The van der Waals surface area contributed by atoms with Gasteiger partial charge < -0.3 is 14.8 Å². The van der Waals surface area contributed by atoms with Crippen LogP contribution in [-0.2, 0) is 30.6 Å². The first-order valence-electron chi connectivity index (χ1n) is 10.9. The average molecular weight is 557 g/mol. The standard InChI is InChI=1S/C23H27Br2NO5/c1-12-4-5-18-13(2)19(20(27)26-11-14-8-15(24)10-16(25)9-14)28-21-23(18)17(12)6-7-22(3,29-21)30-31-23/h8-10,12,17-18,21H,4-7,11H2,1-3H3,(H,26,27)/t12-,17+,18+,21?,22?,23-/m1/s1. The second-order valence-corrected chi connectivity index (χ2v) is 11.3. The first kappa shape index (κ1) is 21.9. The van der Waals surface area contributed by atoms with E-state index in [9.17, 15) is 4.79 Å². The highest BCUT2D eigenvalue weighted by molar-refractivity contribution is 9.11. The summed E-state index contributed by atoms with van der Waals surface area (Å²) in [6.45, 7) is 6.54. The summed E-state index contributed by atoms with van der Waals surface area (Å²) in [5, 5.41) is 3.01. The van der Waals surface area contributed by atoms with Crippen molar-refractivity contribution in [3.8, 4) is 0 Å². The second kappa shape index (κ2) is 7.83. The molecule has 1 aromatic carbocycles. The summed E-state index contributed by atoms with van der Waals surface area (Å²) in [5.41, 5.74) is 1.20. The largest absolute Gasteiger partial charge is 0.456 e. The maximum absolute atomic E-state index is 13.2. The van der Waals surface area contributed by atoms with Gasteiger partial charge in [0, 0.05) is 33.7 Å². The molecule has 1 N–H and O–H groups in total. The van der Waals surface area contributed by atoms with Gasteiger partial charge in [-0.1, -0.05) is 38.8 Å². The number of hydrogen-bond donors (Lipinski definition) is 1. The summed E-state index contributed by atoms with van der Waals surface area (Å²) in [5.74, 6) is 0.0340. The van der Waals surface area contributed by atoms with Gasteiger partial charge in [0.15, 0.2) is 11.4 Å². The molecule has 0 radical (unpaired) electrons. The first-order chi connectivity index (χ1) is 14.7. The van der Waals surface area contributed by atoms with Crippen LogP contribution in [0.25, 0.3) is 0 Å². The van der Waals surface area contributed by atoms with Crippen molar-refractivity contribution in [2.24, 2.45) is 17.8 Å². The van der Waals surface area contributed by atoms with Gasteiger partial charge in [-0.3, -0.25) is 4.79 Å². The summed E-state index contributed by atoms with van der Waals surface area (Å²) in [4.78, 5) is 25.1. The van der Waals surface area contributed by atoms with Crippen LogP contribution in [0.15, 0.2) is 38.5 Å². The SMILES string of the molecule is CC1=C(C(=O)NCc2cc(Br)cc(Br)c2)OC2OC3(C)CC[C@H]4[C@H](C)CC[C@@H]1[C@@]24OO3.